The van der Waals surface area contributed by atoms with Gasteiger partial charge >= 0.3 is 5.97 Å². The number of aliphatic carboxylic acids is 1. The topological polar surface area (TPSA) is 57.6 Å². The van der Waals surface area contributed by atoms with Gasteiger partial charge in [0.2, 0.25) is 5.91 Å². The number of carboxylic acid groups (broad SMARTS) is 1. The molecule has 0 bridgehead atoms. The normalized spacial score (nSPS) is 19.2. The number of rotatable bonds is 3. The van der Waals surface area contributed by atoms with Crippen molar-refractivity contribution in [3.05, 3.63) is 29.8 Å². The molecule has 4 heteroatoms. The first-order valence-corrected chi connectivity index (χ1v) is 6.61. The fraction of sp³-hybridized carbons (Fsp3) is 0.467. The third kappa shape index (κ3) is 2.78. The molecule has 0 fully saturated rings. The summed E-state index contributed by atoms with van der Waals surface area (Å²) in [4.78, 5) is 25.0. The van der Waals surface area contributed by atoms with Crippen LogP contribution in [-0.2, 0) is 16.0 Å². The van der Waals surface area contributed by atoms with Gasteiger partial charge in [0.25, 0.3) is 0 Å². The van der Waals surface area contributed by atoms with Crippen molar-refractivity contribution in [1.82, 2.24) is 0 Å². The number of fused-ring (bicyclic) bond motifs is 1. The van der Waals surface area contributed by atoms with Crippen molar-refractivity contribution >= 4 is 17.6 Å². The molecule has 1 heterocycles. The molecule has 0 spiro atoms. The molecule has 2 rings (SSSR count). The van der Waals surface area contributed by atoms with Crippen LogP contribution >= 0.6 is 0 Å². The summed E-state index contributed by atoms with van der Waals surface area (Å²) >= 11 is 0. The van der Waals surface area contributed by atoms with E-state index in [2.05, 4.69) is 0 Å². The van der Waals surface area contributed by atoms with Crippen molar-refractivity contribution in [3.63, 3.8) is 0 Å². The molecule has 102 valence electrons. The molecule has 19 heavy (non-hydrogen) atoms. The third-order valence-corrected chi connectivity index (χ3v) is 3.69. The van der Waals surface area contributed by atoms with E-state index in [4.69, 9.17) is 5.11 Å². The third-order valence-electron chi connectivity index (χ3n) is 3.69. The van der Waals surface area contributed by atoms with Crippen LogP contribution in [0.5, 0.6) is 0 Å². The van der Waals surface area contributed by atoms with Crippen LogP contribution in [0.3, 0.4) is 0 Å². The number of carbonyl (C=O) groups is 2. The van der Waals surface area contributed by atoms with Gasteiger partial charge in [0.15, 0.2) is 0 Å². The molecule has 0 saturated heterocycles. The van der Waals surface area contributed by atoms with Crippen LogP contribution in [0.2, 0.25) is 0 Å². The molecule has 0 aliphatic carbocycles. The minimum Gasteiger partial charge on any atom is -0.480 e. The lowest BCUT2D eigenvalue weighted by Gasteiger charge is -2.25. The van der Waals surface area contributed by atoms with E-state index in [1.165, 1.54) is 4.90 Å². The maximum absolute atomic E-state index is 12.5. The molecule has 1 aromatic rings. The highest BCUT2D eigenvalue weighted by molar-refractivity contribution is 6.00. The molecule has 1 amide bonds. The Balaban J connectivity index is 2.42. The second kappa shape index (κ2) is 5.43. The van der Waals surface area contributed by atoms with E-state index in [1.807, 2.05) is 38.1 Å². The van der Waals surface area contributed by atoms with Gasteiger partial charge in [-0.15, -0.1) is 0 Å². The average molecular weight is 261 g/mol. The predicted octanol–water partition coefficient (Wildman–Crippen LogP) is 2.32. The van der Waals surface area contributed by atoms with Crippen LogP contribution in [0.4, 0.5) is 5.69 Å². The second-order valence-electron chi connectivity index (χ2n) is 5.34. The molecule has 1 atom stereocenters. The standard InChI is InChI=1S/C15H19NO3/c1-10(2)12-8-7-11-5-3-4-6-13(11)16(15(12)19)9-14(17)18/h3-6,10,12H,7-9H2,1-2H3,(H,17,18). The highest BCUT2D eigenvalue weighted by atomic mass is 16.4. The minimum atomic E-state index is -0.979. The molecule has 1 unspecified atom stereocenters. The maximum atomic E-state index is 12.5. The minimum absolute atomic E-state index is 0.0673. The van der Waals surface area contributed by atoms with Gasteiger partial charge in [-0.05, 0) is 30.4 Å². The van der Waals surface area contributed by atoms with Gasteiger partial charge in [0, 0.05) is 11.6 Å². The molecule has 4 nitrogen and oxygen atoms in total. The molecule has 1 aliphatic rings. The number of benzene rings is 1. The van der Waals surface area contributed by atoms with Gasteiger partial charge in [0.05, 0.1) is 0 Å². The van der Waals surface area contributed by atoms with Crippen LogP contribution in [-0.4, -0.2) is 23.5 Å². The number of nitrogens with zero attached hydrogens (tertiary/aromatic N) is 1. The van der Waals surface area contributed by atoms with E-state index in [1.54, 1.807) is 0 Å². The van der Waals surface area contributed by atoms with Gasteiger partial charge in [-0.1, -0.05) is 32.0 Å². The first-order chi connectivity index (χ1) is 9.00. The summed E-state index contributed by atoms with van der Waals surface area (Å²) in [6.45, 7) is 3.76. The summed E-state index contributed by atoms with van der Waals surface area (Å²) in [6.07, 6.45) is 1.60. The van der Waals surface area contributed by atoms with E-state index in [-0.39, 0.29) is 24.3 Å². The SMILES string of the molecule is CC(C)C1CCc2ccccc2N(CC(=O)O)C1=O. The van der Waals surface area contributed by atoms with Crippen LogP contribution in [0, 0.1) is 11.8 Å². The van der Waals surface area contributed by atoms with Crippen LogP contribution in [0.1, 0.15) is 25.8 Å². The summed E-state index contributed by atoms with van der Waals surface area (Å²) in [5, 5.41) is 9.03. The number of carbonyl (C=O) groups excluding carboxylic acids is 1. The number of para-hydroxylation sites is 1. The summed E-state index contributed by atoms with van der Waals surface area (Å²) < 4.78 is 0. The highest BCUT2D eigenvalue weighted by Crippen LogP contribution is 2.31. The monoisotopic (exact) mass is 261 g/mol. The molecule has 1 aliphatic heterocycles. The maximum Gasteiger partial charge on any atom is 0.323 e. The first-order valence-electron chi connectivity index (χ1n) is 6.61. The molecule has 0 radical (unpaired) electrons. The largest absolute Gasteiger partial charge is 0.480 e. The number of aryl methyl sites for hydroxylation is 1. The zero-order valence-electron chi connectivity index (χ0n) is 11.3. The van der Waals surface area contributed by atoms with Crippen molar-refractivity contribution in [2.75, 3.05) is 11.4 Å². The second-order valence-corrected chi connectivity index (χ2v) is 5.34. The molecular formula is C15H19NO3. The van der Waals surface area contributed by atoms with Crippen LogP contribution < -0.4 is 4.90 Å². The van der Waals surface area contributed by atoms with Crippen molar-refractivity contribution in [2.24, 2.45) is 11.8 Å². The van der Waals surface area contributed by atoms with Crippen molar-refractivity contribution in [3.8, 4) is 0 Å². The van der Waals surface area contributed by atoms with E-state index >= 15 is 0 Å². The van der Waals surface area contributed by atoms with E-state index in [0.717, 1.165) is 24.1 Å². The zero-order chi connectivity index (χ0) is 14.0. The van der Waals surface area contributed by atoms with E-state index in [9.17, 15) is 9.59 Å². The predicted molar refractivity (Wildman–Crippen MR) is 73.1 cm³/mol. The summed E-state index contributed by atoms with van der Waals surface area (Å²) in [5.41, 5.74) is 1.80. The summed E-state index contributed by atoms with van der Waals surface area (Å²) in [5.74, 6) is -0.931. The Morgan fingerprint density at radius 1 is 1.42 bits per heavy atom. The number of amides is 1. The Morgan fingerprint density at radius 2 is 2.11 bits per heavy atom. The van der Waals surface area contributed by atoms with Gasteiger partial charge < -0.3 is 10.0 Å². The Bertz CT molecular complexity index is 496. The zero-order valence-corrected chi connectivity index (χ0v) is 11.3. The lowest BCUT2D eigenvalue weighted by molar-refractivity contribution is -0.137. The van der Waals surface area contributed by atoms with Gasteiger partial charge in [-0.2, -0.15) is 0 Å². The number of hydrogen-bond acceptors (Lipinski definition) is 2. The highest BCUT2D eigenvalue weighted by Gasteiger charge is 2.32. The Labute approximate surface area is 113 Å². The van der Waals surface area contributed by atoms with E-state index < -0.39 is 5.97 Å². The fourth-order valence-corrected chi connectivity index (χ4v) is 2.66. The van der Waals surface area contributed by atoms with Gasteiger partial charge in [-0.25, -0.2) is 0 Å². The molecule has 1 aromatic carbocycles. The number of hydrogen-bond donors (Lipinski definition) is 1. The van der Waals surface area contributed by atoms with Crippen LogP contribution in [0.25, 0.3) is 0 Å². The number of anilines is 1. The van der Waals surface area contributed by atoms with Crippen molar-refractivity contribution < 1.29 is 14.7 Å². The average Bonchev–Trinajstić information content (AvgIpc) is 2.48. The fourth-order valence-electron chi connectivity index (χ4n) is 2.66. The van der Waals surface area contributed by atoms with Gasteiger partial charge in [0.1, 0.15) is 6.54 Å². The Hall–Kier alpha value is -1.84. The Kier molecular flexibility index (Phi) is 3.88. The van der Waals surface area contributed by atoms with Crippen molar-refractivity contribution in [1.29, 1.82) is 0 Å². The lowest BCUT2D eigenvalue weighted by Crippen LogP contribution is -2.40. The quantitative estimate of drug-likeness (QED) is 0.908. The van der Waals surface area contributed by atoms with Crippen LogP contribution in [0.15, 0.2) is 24.3 Å². The molecule has 0 aromatic heterocycles. The molecule has 0 saturated carbocycles. The van der Waals surface area contributed by atoms with Gasteiger partial charge in [-0.3, -0.25) is 9.59 Å². The molecular weight excluding hydrogens is 242 g/mol. The summed E-state index contributed by atoms with van der Waals surface area (Å²) in [6, 6.07) is 7.58. The number of carboxylic acids is 1. The first kappa shape index (κ1) is 13.6. The van der Waals surface area contributed by atoms with E-state index in [0.29, 0.717) is 0 Å². The molecule has 1 N–H and O–H groups in total. The lowest BCUT2D eigenvalue weighted by atomic mass is 9.90. The Morgan fingerprint density at radius 3 is 2.74 bits per heavy atom. The summed E-state index contributed by atoms with van der Waals surface area (Å²) in [7, 11) is 0. The smallest absolute Gasteiger partial charge is 0.323 e. The van der Waals surface area contributed by atoms with Crippen molar-refractivity contribution in [2.45, 2.75) is 26.7 Å².